The van der Waals surface area contributed by atoms with Gasteiger partial charge in [-0.15, -0.1) is 0 Å². The Kier molecular flexibility index (Phi) is 3.43. The second kappa shape index (κ2) is 4.39. The molecule has 0 aromatic heterocycles. The Labute approximate surface area is 86.0 Å². The van der Waals surface area contributed by atoms with Gasteiger partial charge in [0.05, 0.1) is 0 Å². The molecule has 1 atom stereocenters. The van der Waals surface area contributed by atoms with Crippen molar-refractivity contribution in [2.24, 2.45) is 5.73 Å². The highest BCUT2D eigenvalue weighted by Gasteiger charge is 2.18. The van der Waals surface area contributed by atoms with E-state index in [4.69, 9.17) is 17.3 Å². The molecular weight excluding hydrogens is 207 g/mol. The molecule has 0 heterocycles. The lowest BCUT2D eigenvalue weighted by Crippen LogP contribution is -2.31. The van der Waals surface area contributed by atoms with E-state index in [-0.39, 0.29) is 10.6 Å². The van der Waals surface area contributed by atoms with E-state index in [1.807, 2.05) is 0 Å². The molecule has 0 aliphatic heterocycles. The minimum Gasteiger partial charge on any atom is -0.368 e. The molecule has 76 valence electrons. The van der Waals surface area contributed by atoms with Crippen LogP contribution in [0.15, 0.2) is 18.2 Å². The van der Waals surface area contributed by atoms with Crippen LogP contribution in [0.3, 0.4) is 0 Å². The summed E-state index contributed by atoms with van der Waals surface area (Å²) in [5.41, 5.74) is 5.28. The third-order valence-electron chi connectivity index (χ3n) is 1.85. The predicted molar refractivity (Wildman–Crippen MR) is 52.4 cm³/mol. The number of carbonyl (C=O) groups excluding carboxylic acids is 1. The highest BCUT2D eigenvalue weighted by Crippen LogP contribution is 2.20. The van der Waals surface area contributed by atoms with Gasteiger partial charge in [-0.2, -0.15) is 0 Å². The fourth-order valence-corrected chi connectivity index (χ4v) is 1.35. The number of amides is 1. The standard InChI is InChI=1S/C9H10ClFN2O/c1-13-8(9(12)14)6-3-2-5(10)4-7(6)11/h2-4,8,13H,1H3,(H2,12,14). The highest BCUT2D eigenvalue weighted by molar-refractivity contribution is 6.30. The monoisotopic (exact) mass is 216 g/mol. The van der Waals surface area contributed by atoms with E-state index in [0.717, 1.165) is 6.07 Å². The first-order valence-corrected chi connectivity index (χ1v) is 4.35. The Hall–Kier alpha value is -1.13. The number of likely N-dealkylation sites (N-methyl/N-ethyl adjacent to an activating group) is 1. The summed E-state index contributed by atoms with van der Waals surface area (Å²) in [6, 6.07) is 3.26. The molecule has 1 unspecified atom stereocenters. The van der Waals surface area contributed by atoms with E-state index in [0.29, 0.717) is 0 Å². The van der Waals surface area contributed by atoms with E-state index >= 15 is 0 Å². The maximum absolute atomic E-state index is 13.3. The van der Waals surface area contributed by atoms with Crippen LogP contribution < -0.4 is 11.1 Å². The molecule has 0 saturated heterocycles. The zero-order chi connectivity index (χ0) is 10.7. The average Bonchev–Trinajstić information content (AvgIpc) is 2.09. The van der Waals surface area contributed by atoms with Gasteiger partial charge in [0, 0.05) is 10.6 Å². The van der Waals surface area contributed by atoms with Crippen LogP contribution in [0.4, 0.5) is 4.39 Å². The Bertz CT molecular complexity index is 357. The molecule has 3 N–H and O–H groups in total. The van der Waals surface area contributed by atoms with E-state index in [9.17, 15) is 9.18 Å². The summed E-state index contributed by atoms with van der Waals surface area (Å²) >= 11 is 5.57. The summed E-state index contributed by atoms with van der Waals surface area (Å²) in [4.78, 5) is 10.9. The number of rotatable bonds is 3. The molecule has 0 fully saturated rings. The topological polar surface area (TPSA) is 55.1 Å². The third-order valence-corrected chi connectivity index (χ3v) is 2.08. The lowest BCUT2D eigenvalue weighted by molar-refractivity contribution is -0.120. The molecule has 1 aromatic rings. The third kappa shape index (κ3) is 2.21. The van der Waals surface area contributed by atoms with Crippen molar-refractivity contribution in [1.82, 2.24) is 5.32 Å². The number of carbonyl (C=O) groups is 1. The van der Waals surface area contributed by atoms with Crippen molar-refractivity contribution in [2.75, 3.05) is 7.05 Å². The molecule has 0 spiro atoms. The van der Waals surface area contributed by atoms with Crippen molar-refractivity contribution in [2.45, 2.75) is 6.04 Å². The van der Waals surface area contributed by atoms with Crippen molar-refractivity contribution in [1.29, 1.82) is 0 Å². The van der Waals surface area contributed by atoms with E-state index in [1.165, 1.54) is 19.2 Å². The second-order valence-electron chi connectivity index (χ2n) is 2.79. The first-order chi connectivity index (χ1) is 6.56. The van der Waals surface area contributed by atoms with Crippen molar-refractivity contribution in [3.05, 3.63) is 34.6 Å². The van der Waals surface area contributed by atoms with Crippen LogP contribution >= 0.6 is 11.6 Å². The Morgan fingerprint density at radius 2 is 2.29 bits per heavy atom. The minimum absolute atomic E-state index is 0.199. The summed E-state index contributed by atoms with van der Waals surface area (Å²) in [5.74, 6) is -1.18. The van der Waals surface area contributed by atoms with E-state index in [2.05, 4.69) is 5.32 Å². The van der Waals surface area contributed by atoms with Gasteiger partial charge < -0.3 is 11.1 Å². The van der Waals surface area contributed by atoms with E-state index in [1.54, 1.807) is 0 Å². The molecule has 0 aliphatic rings. The molecular formula is C9H10ClFN2O. The minimum atomic E-state index is -0.827. The van der Waals surface area contributed by atoms with Gasteiger partial charge in [0.15, 0.2) is 0 Å². The number of halogens is 2. The Balaban J connectivity index is 3.10. The maximum Gasteiger partial charge on any atom is 0.239 e. The normalized spacial score (nSPS) is 12.5. The van der Waals surface area contributed by atoms with Crippen LogP contribution in [-0.2, 0) is 4.79 Å². The van der Waals surface area contributed by atoms with Crippen LogP contribution in [0.1, 0.15) is 11.6 Å². The lowest BCUT2D eigenvalue weighted by atomic mass is 10.1. The second-order valence-corrected chi connectivity index (χ2v) is 3.23. The van der Waals surface area contributed by atoms with E-state index < -0.39 is 17.8 Å². The molecule has 0 bridgehead atoms. The summed E-state index contributed by atoms with van der Waals surface area (Å²) < 4.78 is 13.3. The Morgan fingerprint density at radius 3 is 2.71 bits per heavy atom. The van der Waals surface area contributed by atoms with Gasteiger partial charge in [-0.25, -0.2) is 4.39 Å². The highest BCUT2D eigenvalue weighted by atomic mass is 35.5. The molecule has 1 aromatic carbocycles. The maximum atomic E-state index is 13.3. The number of nitrogens with one attached hydrogen (secondary N) is 1. The van der Waals surface area contributed by atoms with Gasteiger partial charge in [0.2, 0.25) is 5.91 Å². The van der Waals surface area contributed by atoms with Crippen molar-refractivity contribution >= 4 is 17.5 Å². The van der Waals surface area contributed by atoms with Gasteiger partial charge >= 0.3 is 0 Å². The van der Waals surface area contributed by atoms with Crippen LogP contribution in [0, 0.1) is 5.82 Å². The largest absolute Gasteiger partial charge is 0.368 e. The zero-order valence-electron chi connectivity index (χ0n) is 7.55. The predicted octanol–water partition coefficient (Wildman–Crippen LogP) is 1.22. The first kappa shape index (κ1) is 10.9. The molecule has 14 heavy (non-hydrogen) atoms. The molecule has 0 radical (unpaired) electrons. The van der Waals surface area contributed by atoms with Gasteiger partial charge in [-0.3, -0.25) is 4.79 Å². The average molecular weight is 217 g/mol. The number of nitrogens with two attached hydrogens (primary N) is 1. The molecule has 1 rings (SSSR count). The molecule has 1 amide bonds. The SMILES string of the molecule is CNC(C(N)=O)c1ccc(Cl)cc1F. The summed E-state index contributed by atoms with van der Waals surface area (Å²) in [5, 5.41) is 2.90. The van der Waals surface area contributed by atoms with Gasteiger partial charge in [0.25, 0.3) is 0 Å². The molecule has 0 aliphatic carbocycles. The number of hydrogen-bond donors (Lipinski definition) is 2. The zero-order valence-corrected chi connectivity index (χ0v) is 8.31. The molecule has 3 nitrogen and oxygen atoms in total. The number of hydrogen-bond acceptors (Lipinski definition) is 2. The quantitative estimate of drug-likeness (QED) is 0.799. The van der Waals surface area contributed by atoms with Crippen molar-refractivity contribution in [3.8, 4) is 0 Å². The smallest absolute Gasteiger partial charge is 0.239 e. The summed E-state index contributed by atoms with van der Waals surface area (Å²) in [7, 11) is 1.53. The van der Waals surface area contributed by atoms with Crippen LogP contribution in [0.25, 0.3) is 0 Å². The fourth-order valence-electron chi connectivity index (χ4n) is 1.19. The van der Waals surface area contributed by atoms with Gasteiger partial charge in [-0.05, 0) is 19.2 Å². The molecule has 5 heteroatoms. The summed E-state index contributed by atoms with van der Waals surface area (Å²) in [6.45, 7) is 0. The van der Waals surface area contributed by atoms with Crippen LogP contribution in [0.2, 0.25) is 5.02 Å². The number of primary amides is 1. The Morgan fingerprint density at radius 1 is 1.64 bits per heavy atom. The summed E-state index contributed by atoms with van der Waals surface area (Å²) in [6.07, 6.45) is 0. The first-order valence-electron chi connectivity index (χ1n) is 3.97. The van der Waals surface area contributed by atoms with Crippen LogP contribution in [-0.4, -0.2) is 13.0 Å². The van der Waals surface area contributed by atoms with Crippen LogP contribution in [0.5, 0.6) is 0 Å². The van der Waals surface area contributed by atoms with Crippen molar-refractivity contribution in [3.63, 3.8) is 0 Å². The van der Waals surface area contributed by atoms with Gasteiger partial charge in [-0.1, -0.05) is 17.7 Å². The van der Waals surface area contributed by atoms with Gasteiger partial charge in [0.1, 0.15) is 11.9 Å². The lowest BCUT2D eigenvalue weighted by Gasteiger charge is -2.13. The van der Waals surface area contributed by atoms with Crippen molar-refractivity contribution < 1.29 is 9.18 Å². The number of benzene rings is 1. The fraction of sp³-hybridized carbons (Fsp3) is 0.222. The molecule has 0 saturated carbocycles.